The maximum absolute atomic E-state index is 12.8. The number of piperazine rings is 1. The van der Waals surface area contributed by atoms with Crippen molar-refractivity contribution in [1.29, 1.82) is 0 Å². The summed E-state index contributed by atoms with van der Waals surface area (Å²) >= 11 is 0. The van der Waals surface area contributed by atoms with Crippen LogP contribution in [0.5, 0.6) is 0 Å². The molecular formula is C20H25F3N2O2. The molecule has 2 saturated heterocycles. The first kappa shape index (κ1) is 18.7. The van der Waals surface area contributed by atoms with Gasteiger partial charge in [-0.2, -0.15) is 13.2 Å². The van der Waals surface area contributed by atoms with Crippen LogP contribution in [0.3, 0.4) is 0 Å². The monoisotopic (exact) mass is 382 g/mol. The van der Waals surface area contributed by atoms with E-state index in [1.54, 1.807) is 0 Å². The van der Waals surface area contributed by atoms with Crippen LogP contribution in [-0.2, 0) is 15.7 Å². The van der Waals surface area contributed by atoms with E-state index >= 15 is 0 Å². The van der Waals surface area contributed by atoms with Gasteiger partial charge in [-0.25, -0.2) is 0 Å². The summed E-state index contributed by atoms with van der Waals surface area (Å²) in [4.78, 5) is 17.2. The highest BCUT2D eigenvalue weighted by Gasteiger charge is 2.46. The van der Waals surface area contributed by atoms with Crippen LogP contribution in [0.1, 0.15) is 36.3 Å². The molecule has 0 bridgehead atoms. The lowest BCUT2D eigenvalue weighted by molar-refractivity contribution is -0.137. The number of nitrogens with zero attached hydrogens (tertiary/aromatic N) is 2. The molecule has 1 aromatic carbocycles. The number of carbonyl (C=O) groups excluding carboxylic acids is 1. The van der Waals surface area contributed by atoms with Gasteiger partial charge in [-0.3, -0.25) is 9.69 Å². The minimum absolute atomic E-state index is 0.0632. The van der Waals surface area contributed by atoms with Crippen LogP contribution in [0.25, 0.3) is 0 Å². The van der Waals surface area contributed by atoms with Crippen molar-refractivity contribution < 1.29 is 22.7 Å². The molecule has 0 radical (unpaired) electrons. The molecule has 7 heteroatoms. The number of hydrogen-bond donors (Lipinski definition) is 0. The Kier molecular flexibility index (Phi) is 5.16. The number of benzene rings is 1. The zero-order valence-electron chi connectivity index (χ0n) is 15.3. The molecule has 4 nitrogen and oxygen atoms in total. The highest BCUT2D eigenvalue weighted by atomic mass is 19.4. The van der Waals surface area contributed by atoms with Gasteiger partial charge < -0.3 is 9.64 Å². The van der Waals surface area contributed by atoms with Crippen LogP contribution in [0.15, 0.2) is 24.3 Å². The zero-order chi connectivity index (χ0) is 19.0. The maximum Gasteiger partial charge on any atom is 0.416 e. The van der Waals surface area contributed by atoms with Gasteiger partial charge in [-0.15, -0.1) is 0 Å². The molecule has 1 saturated carbocycles. The van der Waals surface area contributed by atoms with Crippen LogP contribution in [0.2, 0.25) is 0 Å². The predicted molar refractivity (Wildman–Crippen MR) is 94.3 cm³/mol. The summed E-state index contributed by atoms with van der Waals surface area (Å²) in [6.07, 6.45) is -1.45. The van der Waals surface area contributed by atoms with E-state index in [4.69, 9.17) is 4.74 Å². The number of hydrogen-bond acceptors (Lipinski definition) is 3. The topological polar surface area (TPSA) is 32.8 Å². The van der Waals surface area contributed by atoms with Crippen molar-refractivity contribution >= 4 is 5.91 Å². The number of alkyl halides is 3. The third kappa shape index (κ3) is 4.14. The molecule has 0 spiro atoms. The van der Waals surface area contributed by atoms with E-state index in [0.717, 1.165) is 76.4 Å². The molecule has 2 aliphatic heterocycles. The Labute approximate surface area is 157 Å². The number of ether oxygens (including phenoxy) is 1. The van der Waals surface area contributed by atoms with E-state index in [1.165, 1.54) is 12.1 Å². The first-order valence-electron chi connectivity index (χ1n) is 9.71. The van der Waals surface area contributed by atoms with Crippen molar-refractivity contribution in [3.05, 3.63) is 35.4 Å². The maximum atomic E-state index is 12.8. The van der Waals surface area contributed by atoms with Crippen LogP contribution in [0.4, 0.5) is 13.2 Å². The fourth-order valence-corrected chi connectivity index (χ4v) is 4.35. The normalized spacial score (nSPS) is 27.6. The van der Waals surface area contributed by atoms with E-state index in [1.807, 2.05) is 4.90 Å². The SMILES string of the molecule is O=C([C@@H]1C[C@@H]1c1ccc(C(F)(F)F)cc1)N1CCN(C2CCOCC2)CC1. The predicted octanol–water partition coefficient (Wildman–Crippen LogP) is 3.13. The average molecular weight is 382 g/mol. The van der Waals surface area contributed by atoms with E-state index in [0.29, 0.717) is 6.04 Å². The minimum atomic E-state index is -4.32. The Balaban J connectivity index is 1.29. The minimum Gasteiger partial charge on any atom is -0.381 e. The number of rotatable bonds is 3. The van der Waals surface area contributed by atoms with Gasteiger partial charge in [-0.1, -0.05) is 12.1 Å². The summed E-state index contributed by atoms with van der Waals surface area (Å²) < 4.78 is 43.5. The quantitative estimate of drug-likeness (QED) is 0.805. The van der Waals surface area contributed by atoms with Gasteiger partial charge in [0.05, 0.1) is 5.56 Å². The van der Waals surface area contributed by atoms with Crippen molar-refractivity contribution in [2.75, 3.05) is 39.4 Å². The summed E-state index contributed by atoms with van der Waals surface area (Å²) in [6, 6.07) is 5.83. The Morgan fingerprint density at radius 1 is 1.00 bits per heavy atom. The first-order chi connectivity index (χ1) is 12.9. The van der Waals surface area contributed by atoms with Gasteiger partial charge in [0.15, 0.2) is 0 Å². The van der Waals surface area contributed by atoms with Gasteiger partial charge in [0.2, 0.25) is 5.91 Å². The molecular weight excluding hydrogens is 357 g/mol. The standard InChI is InChI=1S/C20H25F3N2O2/c21-20(22,23)15-3-1-14(2-4-15)17-13-18(17)19(26)25-9-7-24(8-10-25)16-5-11-27-12-6-16/h1-4,16-18H,5-13H2/t17-,18-/m1/s1. The molecule has 27 heavy (non-hydrogen) atoms. The largest absolute Gasteiger partial charge is 0.416 e. The molecule has 4 rings (SSSR count). The first-order valence-corrected chi connectivity index (χ1v) is 9.71. The highest BCUT2D eigenvalue weighted by Crippen LogP contribution is 2.49. The van der Waals surface area contributed by atoms with Crippen molar-refractivity contribution in [1.82, 2.24) is 9.80 Å². The van der Waals surface area contributed by atoms with Gasteiger partial charge in [0, 0.05) is 51.4 Å². The van der Waals surface area contributed by atoms with E-state index in [2.05, 4.69) is 4.90 Å². The zero-order valence-corrected chi connectivity index (χ0v) is 15.3. The van der Waals surface area contributed by atoms with Crippen LogP contribution in [-0.4, -0.2) is 61.1 Å². The summed E-state index contributed by atoms with van der Waals surface area (Å²) in [5, 5.41) is 0. The molecule has 148 valence electrons. The average Bonchev–Trinajstić information content (AvgIpc) is 3.49. The lowest BCUT2D eigenvalue weighted by atomic mass is 10.0. The smallest absolute Gasteiger partial charge is 0.381 e. The van der Waals surface area contributed by atoms with Gasteiger partial charge in [0.25, 0.3) is 0 Å². The second kappa shape index (κ2) is 7.43. The van der Waals surface area contributed by atoms with Gasteiger partial charge >= 0.3 is 6.18 Å². The Bertz CT molecular complexity index is 663. The molecule has 1 amide bonds. The van der Waals surface area contributed by atoms with Crippen LogP contribution < -0.4 is 0 Å². The fraction of sp³-hybridized carbons (Fsp3) is 0.650. The number of amides is 1. The van der Waals surface area contributed by atoms with Crippen LogP contribution in [0, 0.1) is 5.92 Å². The van der Waals surface area contributed by atoms with Crippen molar-refractivity contribution in [2.45, 2.75) is 37.4 Å². The van der Waals surface area contributed by atoms with Crippen molar-refractivity contribution in [3.63, 3.8) is 0 Å². The summed E-state index contributed by atoms with van der Waals surface area (Å²) in [7, 11) is 0. The van der Waals surface area contributed by atoms with Gasteiger partial charge in [0.1, 0.15) is 0 Å². The molecule has 0 aromatic heterocycles. The highest BCUT2D eigenvalue weighted by molar-refractivity contribution is 5.83. The summed E-state index contributed by atoms with van der Waals surface area (Å²) in [5.74, 6) is 0.149. The van der Waals surface area contributed by atoms with Crippen LogP contribution >= 0.6 is 0 Å². The molecule has 3 fully saturated rings. The Morgan fingerprint density at radius 3 is 2.22 bits per heavy atom. The second-order valence-corrected chi connectivity index (χ2v) is 7.77. The molecule has 1 aromatic rings. The molecule has 1 aliphatic carbocycles. The third-order valence-corrected chi connectivity index (χ3v) is 6.11. The molecule has 3 aliphatic rings. The number of halogens is 3. The third-order valence-electron chi connectivity index (χ3n) is 6.11. The summed E-state index contributed by atoms with van der Waals surface area (Å²) in [6.45, 7) is 4.92. The molecule has 0 unspecified atom stereocenters. The summed E-state index contributed by atoms with van der Waals surface area (Å²) in [5.41, 5.74) is 0.196. The van der Waals surface area contributed by atoms with E-state index in [9.17, 15) is 18.0 Å². The molecule has 2 heterocycles. The van der Waals surface area contributed by atoms with Crippen molar-refractivity contribution in [2.24, 2.45) is 5.92 Å². The molecule has 0 N–H and O–H groups in total. The van der Waals surface area contributed by atoms with Crippen molar-refractivity contribution in [3.8, 4) is 0 Å². The van der Waals surface area contributed by atoms with Gasteiger partial charge in [-0.05, 0) is 42.9 Å². The molecule has 2 atom stereocenters. The lowest BCUT2D eigenvalue weighted by Crippen LogP contribution is -2.53. The van der Waals surface area contributed by atoms with E-state index < -0.39 is 11.7 Å². The Hall–Kier alpha value is -1.60. The van der Waals surface area contributed by atoms with E-state index in [-0.39, 0.29) is 17.7 Å². The lowest BCUT2D eigenvalue weighted by Gasteiger charge is -2.40. The second-order valence-electron chi connectivity index (χ2n) is 7.77. The Morgan fingerprint density at radius 2 is 1.63 bits per heavy atom. The fourth-order valence-electron chi connectivity index (χ4n) is 4.35. The number of carbonyl (C=O) groups is 1.